The van der Waals surface area contributed by atoms with E-state index in [0.717, 1.165) is 18.5 Å². The molecule has 5 nitrogen and oxygen atoms in total. The van der Waals surface area contributed by atoms with E-state index >= 15 is 0 Å². The molecule has 1 aliphatic heterocycles. The van der Waals surface area contributed by atoms with Crippen LogP contribution in [0.25, 0.3) is 0 Å². The molecule has 6 heteroatoms. The molecule has 1 unspecified atom stereocenters. The minimum atomic E-state index is -3.36. The minimum absolute atomic E-state index is 0.359. The maximum atomic E-state index is 12.1. The van der Waals surface area contributed by atoms with Gasteiger partial charge < -0.3 is 10.6 Å². The summed E-state index contributed by atoms with van der Waals surface area (Å²) in [6.45, 7) is 1.67. The van der Waals surface area contributed by atoms with Gasteiger partial charge in [-0.1, -0.05) is 30.3 Å². The number of hydrogen-bond acceptors (Lipinski definition) is 4. The van der Waals surface area contributed by atoms with Crippen molar-refractivity contribution in [2.45, 2.75) is 24.6 Å². The minimum Gasteiger partial charge on any atom is -0.351 e. The van der Waals surface area contributed by atoms with Crippen molar-refractivity contribution in [2.24, 2.45) is 0 Å². The Labute approximate surface area is 119 Å². The summed E-state index contributed by atoms with van der Waals surface area (Å²) in [6.07, 6.45) is 1.48. The first-order chi connectivity index (χ1) is 9.58. The van der Waals surface area contributed by atoms with Gasteiger partial charge in [-0.3, -0.25) is 4.79 Å². The number of benzene rings is 1. The second kappa shape index (κ2) is 6.85. The molecule has 1 fully saturated rings. The Morgan fingerprint density at radius 3 is 2.70 bits per heavy atom. The molecule has 0 aromatic heterocycles. The van der Waals surface area contributed by atoms with E-state index in [1.165, 1.54) is 0 Å². The van der Waals surface area contributed by atoms with Gasteiger partial charge in [0.25, 0.3) is 0 Å². The fourth-order valence-corrected chi connectivity index (χ4v) is 3.88. The highest BCUT2D eigenvalue weighted by Gasteiger charge is 2.29. The molecule has 1 atom stereocenters. The number of amides is 1. The third-order valence-corrected chi connectivity index (χ3v) is 5.51. The zero-order valence-electron chi connectivity index (χ0n) is 11.3. The van der Waals surface area contributed by atoms with Gasteiger partial charge in [-0.25, -0.2) is 8.42 Å². The molecule has 1 aliphatic rings. The number of carbonyl (C=O) groups excluding carboxylic acids is 1. The van der Waals surface area contributed by atoms with E-state index in [1.54, 1.807) is 0 Å². The zero-order chi connectivity index (χ0) is 14.4. The van der Waals surface area contributed by atoms with Crippen molar-refractivity contribution in [3.05, 3.63) is 35.9 Å². The molecule has 1 saturated heterocycles. The smallest absolute Gasteiger partial charge is 0.235 e. The zero-order valence-corrected chi connectivity index (χ0v) is 12.2. The van der Waals surface area contributed by atoms with E-state index < -0.39 is 26.7 Å². The lowest BCUT2D eigenvalue weighted by molar-refractivity contribution is -0.118. The standard InChI is InChI=1S/C14H20N2O3S/c17-14(16-9-12-5-2-1-3-6-12)11-20(18,19)13-7-4-8-15-10-13/h1-3,5-6,13,15H,4,7-11H2,(H,16,17). The number of hydrogen-bond donors (Lipinski definition) is 2. The normalized spacial score (nSPS) is 19.5. The fraction of sp³-hybridized carbons (Fsp3) is 0.500. The summed E-state index contributed by atoms with van der Waals surface area (Å²) in [5.41, 5.74) is 0.956. The highest BCUT2D eigenvalue weighted by Crippen LogP contribution is 2.12. The van der Waals surface area contributed by atoms with Crippen LogP contribution in [0.1, 0.15) is 18.4 Å². The lowest BCUT2D eigenvalue weighted by Crippen LogP contribution is -2.42. The van der Waals surface area contributed by atoms with Gasteiger partial charge in [-0.05, 0) is 24.9 Å². The Kier molecular flexibility index (Phi) is 5.14. The van der Waals surface area contributed by atoms with Crippen LogP contribution in [-0.2, 0) is 21.2 Å². The van der Waals surface area contributed by atoms with Crippen LogP contribution in [0.4, 0.5) is 0 Å². The van der Waals surface area contributed by atoms with Gasteiger partial charge in [0, 0.05) is 13.1 Å². The first-order valence-corrected chi connectivity index (χ1v) is 8.52. The number of sulfone groups is 1. The van der Waals surface area contributed by atoms with Crippen LogP contribution in [0.5, 0.6) is 0 Å². The van der Waals surface area contributed by atoms with Gasteiger partial charge in [0.2, 0.25) is 5.91 Å². The van der Waals surface area contributed by atoms with Gasteiger partial charge in [-0.2, -0.15) is 0 Å². The van der Waals surface area contributed by atoms with E-state index in [9.17, 15) is 13.2 Å². The summed E-state index contributed by atoms with van der Waals surface area (Å²) in [6, 6.07) is 9.43. The largest absolute Gasteiger partial charge is 0.351 e. The Balaban J connectivity index is 1.84. The lowest BCUT2D eigenvalue weighted by atomic mass is 10.2. The third kappa shape index (κ3) is 4.31. The number of nitrogens with one attached hydrogen (secondary N) is 2. The van der Waals surface area contributed by atoms with Crippen molar-refractivity contribution in [3.8, 4) is 0 Å². The highest BCUT2D eigenvalue weighted by atomic mass is 32.2. The van der Waals surface area contributed by atoms with Crippen LogP contribution in [-0.4, -0.2) is 38.4 Å². The van der Waals surface area contributed by atoms with Crippen molar-refractivity contribution in [3.63, 3.8) is 0 Å². The Bertz CT molecular complexity index is 537. The molecule has 1 aromatic rings. The summed E-state index contributed by atoms with van der Waals surface area (Å²) in [5, 5.41) is 5.29. The maximum absolute atomic E-state index is 12.1. The molecule has 2 N–H and O–H groups in total. The van der Waals surface area contributed by atoms with E-state index in [2.05, 4.69) is 10.6 Å². The maximum Gasteiger partial charge on any atom is 0.235 e. The molecule has 0 saturated carbocycles. The molecular weight excluding hydrogens is 276 g/mol. The van der Waals surface area contributed by atoms with Gasteiger partial charge >= 0.3 is 0 Å². The molecule has 1 amide bonds. The van der Waals surface area contributed by atoms with Crippen LogP contribution < -0.4 is 10.6 Å². The van der Waals surface area contributed by atoms with Crippen molar-refractivity contribution in [1.82, 2.24) is 10.6 Å². The quantitative estimate of drug-likeness (QED) is 0.828. The molecule has 0 bridgehead atoms. The average Bonchev–Trinajstić information content (AvgIpc) is 2.47. The molecule has 1 aromatic carbocycles. The SMILES string of the molecule is O=C(CS(=O)(=O)C1CCCNC1)NCc1ccccc1. The predicted molar refractivity (Wildman–Crippen MR) is 78.0 cm³/mol. The summed E-state index contributed by atoms with van der Waals surface area (Å²) >= 11 is 0. The van der Waals surface area contributed by atoms with E-state index in [4.69, 9.17) is 0 Å². The molecule has 2 rings (SSSR count). The fourth-order valence-electron chi connectivity index (χ4n) is 2.27. The van der Waals surface area contributed by atoms with Crippen molar-refractivity contribution < 1.29 is 13.2 Å². The molecular formula is C14H20N2O3S. The molecule has 110 valence electrons. The third-order valence-electron chi connectivity index (χ3n) is 3.42. The molecule has 0 spiro atoms. The van der Waals surface area contributed by atoms with E-state index in [1.807, 2.05) is 30.3 Å². The first-order valence-electron chi connectivity index (χ1n) is 6.81. The monoisotopic (exact) mass is 296 g/mol. The van der Waals surface area contributed by atoms with E-state index in [-0.39, 0.29) is 0 Å². The van der Waals surface area contributed by atoms with Crippen molar-refractivity contribution in [2.75, 3.05) is 18.8 Å². The highest BCUT2D eigenvalue weighted by molar-refractivity contribution is 7.92. The Morgan fingerprint density at radius 2 is 2.05 bits per heavy atom. The topological polar surface area (TPSA) is 75.3 Å². The molecule has 0 aliphatic carbocycles. The Morgan fingerprint density at radius 1 is 1.30 bits per heavy atom. The van der Waals surface area contributed by atoms with Gasteiger partial charge in [0.05, 0.1) is 5.25 Å². The number of carbonyl (C=O) groups is 1. The summed E-state index contributed by atoms with van der Waals surface area (Å²) in [4.78, 5) is 11.8. The van der Waals surface area contributed by atoms with Gasteiger partial charge in [-0.15, -0.1) is 0 Å². The first kappa shape index (κ1) is 15.0. The van der Waals surface area contributed by atoms with Crippen LogP contribution in [0, 0.1) is 0 Å². The lowest BCUT2D eigenvalue weighted by Gasteiger charge is -2.22. The van der Waals surface area contributed by atoms with Crippen LogP contribution in [0.3, 0.4) is 0 Å². The summed E-state index contributed by atoms with van der Waals surface area (Å²) in [7, 11) is -3.36. The predicted octanol–water partition coefficient (Wildman–Crippen LogP) is 0.470. The van der Waals surface area contributed by atoms with Gasteiger partial charge in [0.15, 0.2) is 9.84 Å². The van der Waals surface area contributed by atoms with E-state index in [0.29, 0.717) is 19.5 Å². The van der Waals surface area contributed by atoms with Crippen molar-refractivity contribution in [1.29, 1.82) is 0 Å². The Hall–Kier alpha value is -1.40. The number of piperidine rings is 1. The van der Waals surface area contributed by atoms with Crippen LogP contribution >= 0.6 is 0 Å². The molecule has 0 radical (unpaired) electrons. The number of rotatable bonds is 5. The van der Waals surface area contributed by atoms with Crippen LogP contribution in [0.15, 0.2) is 30.3 Å². The second-order valence-corrected chi connectivity index (χ2v) is 7.32. The molecule has 1 heterocycles. The summed E-state index contributed by atoms with van der Waals surface area (Å²) < 4.78 is 24.2. The average molecular weight is 296 g/mol. The molecule has 20 heavy (non-hydrogen) atoms. The second-order valence-electron chi connectivity index (χ2n) is 5.04. The van der Waals surface area contributed by atoms with Gasteiger partial charge in [0.1, 0.15) is 5.75 Å². The summed E-state index contributed by atoms with van der Waals surface area (Å²) in [5.74, 6) is -0.856. The van der Waals surface area contributed by atoms with Crippen molar-refractivity contribution >= 4 is 15.7 Å². The van der Waals surface area contributed by atoms with Crippen LogP contribution in [0.2, 0.25) is 0 Å².